The number of benzene rings is 2. The standard InChI is InChI=1S/C22H25ClN6O4S2.C22H24N6O4S2/c1-15-3-7-18(8-4-15)35(32,33)28-11-9-19-22(28)24-14-20-25-26-21(29(19)20)16-5-6-17(13-16)27-34(30,31)12-2-10-23;1-15-3-7-18(8-4-15)34(31,32)27-11-9-19-22(27)23-14-20-24-25-21(28(19)20)16-5-6-17(13-16)26-10-2-12-33(26,29)30/h3-4,7-9,11,14,16-17,27H,2,5-6,10,12-13H2,1H3;3-4,7-9,11,14,16-17H,2,5-6,10,12-13H2,1H3/t2*16-,17+/m11/s1. The van der Waals surface area contributed by atoms with Crippen LogP contribution < -0.4 is 4.72 Å². The second-order valence-corrected chi connectivity index (χ2v) is 25.8. The number of fused-ring (bicyclic) bond motifs is 6. The molecule has 11 rings (SSSR count). The summed E-state index contributed by atoms with van der Waals surface area (Å²) >= 11 is 5.63. The zero-order chi connectivity index (χ0) is 48.5. The molecule has 2 aromatic carbocycles. The fraction of sp³-hybridized carbons (Fsp3) is 0.409. The van der Waals surface area contributed by atoms with Crippen LogP contribution in [-0.2, 0) is 40.1 Å². The molecule has 1 N–H and O–H groups in total. The highest BCUT2D eigenvalue weighted by atomic mass is 35.5. The van der Waals surface area contributed by atoms with Crippen LogP contribution in [0.1, 0.15) is 86.0 Å². The molecule has 0 unspecified atom stereocenters. The number of hydrogen-bond donors (Lipinski definition) is 1. The van der Waals surface area contributed by atoms with Crippen molar-refractivity contribution >= 4 is 85.3 Å². The second kappa shape index (κ2) is 18.1. The highest BCUT2D eigenvalue weighted by Gasteiger charge is 2.40. The van der Waals surface area contributed by atoms with Crippen molar-refractivity contribution in [1.29, 1.82) is 0 Å². The minimum atomic E-state index is -3.85. The van der Waals surface area contributed by atoms with Gasteiger partial charge in [-0.3, -0.25) is 8.80 Å². The zero-order valence-electron chi connectivity index (χ0n) is 37.6. The zero-order valence-corrected chi connectivity index (χ0v) is 41.6. The molecule has 0 radical (unpaired) electrons. The van der Waals surface area contributed by atoms with E-state index < -0.39 is 40.1 Å². The second-order valence-electron chi connectivity index (χ2n) is 17.9. The summed E-state index contributed by atoms with van der Waals surface area (Å²) < 4.78 is 113. The normalized spacial score (nSPS) is 21.2. The Labute approximate surface area is 404 Å². The third-order valence-electron chi connectivity index (χ3n) is 13.3. The number of aryl methyl sites for hydroxylation is 2. The maximum atomic E-state index is 13.3. The van der Waals surface area contributed by atoms with E-state index in [0.29, 0.717) is 84.2 Å². The lowest BCUT2D eigenvalue weighted by molar-refractivity contribution is 0.342. The molecule has 0 bridgehead atoms. The average Bonchev–Trinajstić information content (AvgIpc) is 4.18. The molecular weight excluding hydrogens is 988 g/mol. The Bertz CT molecular complexity index is 3710. The molecule has 8 aromatic rings. The predicted molar refractivity (Wildman–Crippen MR) is 258 cm³/mol. The Morgan fingerprint density at radius 3 is 1.67 bits per heavy atom. The summed E-state index contributed by atoms with van der Waals surface area (Å²) in [5.74, 6) is 1.89. The SMILES string of the molecule is Cc1ccc(S(=O)(=O)n2ccc3c2ncc2nnc([C@@H]4CC[C@H](N5CCCS5(=O)=O)C4)n23)cc1.Cc1ccc(S(=O)(=O)n2ccc3c2ncc2nnc([C@@H]4CC[C@H](NS(=O)(=O)CCCCl)C4)n23)cc1. The molecule has 20 nitrogen and oxygen atoms in total. The van der Waals surface area contributed by atoms with Gasteiger partial charge in [-0.2, -0.15) is 4.31 Å². The van der Waals surface area contributed by atoms with Crippen molar-refractivity contribution in [3.05, 3.63) is 108 Å². The molecule has 69 heavy (non-hydrogen) atoms. The molecule has 364 valence electrons. The first-order chi connectivity index (χ1) is 32.9. The van der Waals surface area contributed by atoms with Gasteiger partial charge >= 0.3 is 0 Å². The Morgan fingerprint density at radius 1 is 0.667 bits per heavy atom. The van der Waals surface area contributed by atoms with Gasteiger partial charge in [0.15, 0.2) is 22.6 Å². The molecule has 3 fully saturated rings. The first kappa shape index (κ1) is 47.3. The third kappa shape index (κ3) is 8.81. The highest BCUT2D eigenvalue weighted by Crippen LogP contribution is 2.40. The molecule has 3 aliphatic rings. The van der Waals surface area contributed by atoms with Gasteiger partial charge in [0.2, 0.25) is 20.0 Å². The summed E-state index contributed by atoms with van der Waals surface area (Å²) in [6, 6.07) is 16.5. The summed E-state index contributed by atoms with van der Waals surface area (Å²) in [7, 11) is -14.2. The molecule has 1 saturated heterocycles. The molecule has 0 amide bonds. The maximum Gasteiger partial charge on any atom is 0.269 e. The Balaban J connectivity index is 0.000000160. The Hall–Kier alpha value is -5.37. The average molecular weight is 1040 g/mol. The number of alkyl halides is 1. The fourth-order valence-corrected chi connectivity index (χ4v) is 15.9. The van der Waals surface area contributed by atoms with Gasteiger partial charge in [-0.05, 0) is 102 Å². The molecule has 0 spiro atoms. The molecule has 7 heterocycles. The summed E-state index contributed by atoms with van der Waals surface area (Å²) in [6.45, 7) is 4.37. The molecule has 2 saturated carbocycles. The van der Waals surface area contributed by atoms with Crippen LogP contribution in [0.2, 0.25) is 0 Å². The van der Waals surface area contributed by atoms with Crippen LogP contribution in [0.5, 0.6) is 0 Å². The largest absolute Gasteiger partial charge is 0.274 e. The highest BCUT2D eigenvalue weighted by molar-refractivity contribution is 7.90. The number of hydrogen-bond acceptors (Lipinski definition) is 14. The molecule has 25 heteroatoms. The van der Waals surface area contributed by atoms with Crippen molar-refractivity contribution in [2.24, 2.45) is 0 Å². The molecule has 1 aliphatic heterocycles. The van der Waals surface area contributed by atoms with E-state index in [4.69, 9.17) is 11.6 Å². The molecule has 2 aliphatic carbocycles. The van der Waals surface area contributed by atoms with Gasteiger partial charge in [-0.25, -0.2) is 56.3 Å². The van der Waals surface area contributed by atoms with E-state index in [0.717, 1.165) is 30.4 Å². The lowest BCUT2D eigenvalue weighted by atomic mass is 10.1. The predicted octanol–water partition coefficient (Wildman–Crippen LogP) is 5.10. The fourth-order valence-electron chi connectivity index (χ4n) is 9.87. The molecular formula is C44H49ClN12O8S4. The number of rotatable bonds is 12. The number of nitrogens with zero attached hydrogens (tertiary/aromatic N) is 11. The minimum Gasteiger partial charge on any atom is -0.274 e. The van der Waals surface area contributed by atoms with Crippen molar-refractivity contribution < 1.29 is 33.7 Å². The summed E-state index contributed by atoms with van der Waals surface area (Å²) in [6.07, 6.45) is 11.3. The van der Waals surface area contributed by atoms with Gasteiger partial charge in [-0.1, -0.05) is 35.4 Å². The van der Waals surface area contributed by atoms with Gasteiger partial charge in [-0.15, -0.1) is 32.0 Å². The van der Waals surface area contributed by atoms with Crippen molar-refractivity contribution in [3.63, 3.8) is 0 Å². The van der Waals surface area contributed by atoms with E-state index in [9.17, 15) is 33.7 Å². The van der Waals surface area contributed by atoms with Crippen LogP contribution in [0.15, 0.2) is 95.2 Å². The van der Waals surface area contributed by atoms with E-state index in [1.54, 1.807) is 65.0 Å². The first-order valence-corrected chi connectivity index (χ1v) is 29.2. The maximum absolute atomic E-state index is 13.3. The van der Waals surface area contributed by atoms with Crippen molar-refractivity contribution in [3.8, 4) is 0 Å². The molecule has 4 atom stereocenters. The van der Waals surface area contributed by atoms with E-state index in [2.05, 4.69) is 35.1 Å². The smallest absolute Gasteiger partial charge is 0.269 e. The van der Waals surface area contributed by atoms with Crippen molar-refractivity contribution in [2.75, 3.05) is 23.9 Å². The van der Waals surface area contributed by atoms with Crippen molar-refractivity contribution in [2.45, 2.75) is 98.9 Å². The van der Waals surface area contributed by atoms with Gasteiger partial charge in [0.1, 0.15) is 11.6 Å². The quantitative estimate of drug-likeness (QED) is 0.156. The van der Waals surface area contributed by atoms with Gasteiger partial charge in [0.25, 0.3) is 20.0 Å². The van der Waals surface area contributed by atoms with Crippen LogP contribution in [-0.4, -0.2) is 121 Å². The van der Waals surface area contributed by atoms with Crippen molar-refractivity contribution in [1.82, 2.24) is 56.1 Å². The molecule has 6 aromatic heterocycles. The van der Waals surface area contributed by atoms with Crippen LogP contribution in [0.4, 0.5) is 0 Å². The van der Waals surface area contributed by atoms with Crippen LogP contribution in [0.3, 0.4) is 0 Å². The minimum absolute atomic E-state index is 0.000787. The topological polar surface area (TPSA) is 248 Å². The van der Waals surface area contributed by atoms with Crippen LogP contribution >= 0.6 is 11.6 Å². The Kier molecular flexibility index (Phi) is 12.4. The van der Waals surface area contributed by atoms with Gasteiger partial charge in [0, 0.05) is 48.7 Å². The first-order valence-electron chi connectivity index (χ1n) is 22.6. The summed E-state index contributed by atoms with van der Waals surface area (Å²) in [5, 5.41) is 17.3. The van der Waals surface area contributed by atoms with E-state index in [-0.39, 0.29) is 50.9 Å². The van der Waals surface area contributed by atoms with E-state index in [1.165, 1.54) is 32.7 Å². The van der Waals surface area contributed by atoms with Gasteiger partial charge < -0.3 is 0 Å². The van der Waals surface area contributed by atoms with Gasteiger partial charge in [0.05, 0.1) is 44.7 Å². The van der Waals surface area contributed by atoms with Crippen LogP contribution in [0, 0.1) is 13.8 Å². The number of sulfonamides is 2. The van der Waals surface area contributed by atoms with Crippen LogP contribution in [0.25, 0.3) is 33.6 Å². The van der Waals surface area contributed by atoms with E-state index in [1.807, 2.05) is 22.6 Å². The third-order valence-corrected chi connectivity index (χ3v) is 20.4. The lowest BCUT2D eigenvalue weighted by Gasteiger charge is -2.22. The summed E-state index contributed by atoms with van der Waals surface area (Å²) in [4.78, 5) is 9.12. The van der Waals surface area contributed by atoms with E-state index >= 15 is 0 Å². The summed E-state index contributed by atoms with van der Waals surface area (Å²) in [5.41, 5.74) is 4.72. The monoisotopic (exact) mass is 1040 g/mol. The lowest BCUT2D eigenvalue weighted by Crippen LogP contribution is -2.34. The number of halogens is 1. The number of aromatic nitrogens is 10. The number of nitrogens with one attached hydrogen (secondary N) is 1. The Morgan fingerprint density at radius 2 is 1.17 bits per heavy atom.